The summed E-state index contributed by atoms with van der Waals surface area (Å²) in [5.74, 6) is 0.825. The van der Waals surface area contributed by atoms with Crippen LogP contribution in [0.3, 0.4) is 0 Å². The first-order valence-electron chi connectivity index (χ1n) is 4.30. The fraction of sp³-hybridized carbons (Fsp3) is 0.0909. The molecule has 0 saturated carbocycles. The van der Waals surface area contributed by atoms with E-state index in [1.165, 1.54) is 0 Å². The van der Waals surface area contributed by atoms with Gasteiger partial charge in [0.15, 0.2) is 0 Å². The molecule has 0 N–H and O–H groups in total. The average molecular weight is 186 g/mol. The normalized spacial score (nSPS) is 9.79. The van der Waals surface area contributed by atoms with Gasteiger partial charge >= 0.3 is 0 Å². The zero-order valence-corrected chi connectivity index (χ0v) is 7.84. The van der Waals surface area contributed by atoms with Gasteiger partial charge in [-0.1, -0.05) is 0 Å². The van der Waals surface area contributed by atoms with Crippen LogP contribution in [-0.4, -0.2) is 17.1 Å². The summed E-state index contributed by atoms with van der Waals surface area (Å²) in [5, 5.41) is 0. The molecule has 3 heteroatoms. The second-order valence-electron chi connectivity index (χ2n) is 2.81. The average Bonchev–Trinajstić information content (AvgIpc) is 2.30. The minimum absolute atomic E-state index is 0.825. The lowest BCUT2D eigenvalue weighted by Crippen LogP contribution is -1.88. The number of ether oxygens (including phenoxy) is 1. The van der Waals surface area contributed by atoms with Crippen LogP contribution in [0.25, 0.3) is 11.1 Å². The highest BCUT2D eigenvalue weighted by Crippen LogP contribution is 2.27. The molecule has 2 aromatic heterocycles. The van der Waals surface area contributed by atoms with Crippen LogP contribution in [0.4, 0.5) is 0 Å². The van der Waals surface area contributed by atoms with E-state index < -0.39 is 0 Å². The van der Waals surface area contributed by atoms with Crippen LogP contribution in [0.5, 0.6) is 5.75 Å². The predicted molar refractivity (Wildman–Crippen MR) is 54.0 cm³/mol. The van der Waals surface area contributed by atoms with Gasteiger partial charge in [0.05, 0.1) is 7.11 Å². The monoisotopic (exact) mass is 186 g/mol. The highest BCUT2D eigenvalue weighted by molar-refractivity contribution is 5.68. The van der Waals surface area contributed by atoms with Crippen molar-refractivity contribution >= 4 is 0 Å². The van der Waals surface area contributed by atoms with Crippen LogP contribution >= 0.6 is 0 Å². The number of hydrogen-bond donors (Lipinski definition) is 0. The van der Waals surface area contributed by atoms with E-state index in [4.69, 9.17) is 4.74 Å². The molecule has 0 saturated heterocycles. The first-order chi connectivity index (χ1) is 6.92. The molecule has 0 aliphatic carbocycles. The van der Waals surface area contributed by atoms with Crippen molar-refractivity contribution in [3.8, 4) is 16.9 Å². The van der Waals surface area contributed by atoms with Crippen molar-refractivity contribution in [1.29, 1.82) is 0 Å². The lowest BCUT2D eigenvalue weighted by molar-refractivity contribution is 0.416. The van der Waals surface area contributed by atoms with Crippen molar-refractivity contribution in [3.63, 3.8) is 0 Å². The van der Waals surface area contributed by atoms with Gasteiger partial charge in [-0.15, -0.1) is 0 Å². The third kappa shape index (κ3) is 1.57. The number of nitrogens with zero attached hydrogens (tertiary/aromatic N) is 2. The van der Waals surface area contributed by atoms with Gasteiger partial charge in [0.25, 0.3) is 0 Å². The van der Waals surface area contributed by atoms with Crippen LogP contribution in [0, 0.1) is 0 Å². The zero-order chi connectivity index (χ0) is 9.80. The van der Waals surface area contributed by atoms with Crippen LogP contribution in [-0.2, 0) is 0 Å². The van der Waals surface area contributed by atoms with E-state index >= 15 is 0 Å². The maximum Gasteiger partial charge on any atom is 0.129 e. The molecule has 0 unspecified atom stereocenters. The molecule has 0 fully saturated rings. The van der Waals surface area contributed by atoms with Crippen molar-refractivity contribution in [2.75, 3.05) is 7.11 Å². The first kappa shape index (κ1) is 8.69. The van der Waals surface area contributed by atoms with Crippen LogP contribution < -0.4 is 4.74 Å². The van der Waals surface area contributed by atoms with Gasteiger partial charge in [0.2, 0.25) is 0 Å². The highest BCUT2D eigenvalue weighted by Gasteiger charge is 2.03. The minimum atomic E-state index is 0.825. The Morgan fingerprint density at radius 3 is 2.43 bits per heavy atom. The van der Waals surface area contributed by atoms with Crippen LogP contribution in [0.1, 0.15) is 0 Å². The SMILES string of the molecule is COc1ccncc1-c1ccncc1. The molecule has 0 spiro atoms. The van der Waals surface area contributed by atoms with Crippen LogP contribution in [0.2, 0.25) is 0 Å². The molecular weight excluding hydrogens is 176 g/mol. The topological polar surface area (TPSA) is 35.0 Å². The fourth-order valence-corrected chi connectivity index (χ4v) is 1.31. The second-order valence-corrected chi connectivity index (χ2v) is 2.81. The van der Waals surface area contributed by atoms with E-state index in [1.807, 2.05) is 18.2 Å². The molecule has 2 aromatic rings. The molecule has 0 aromatic carbocycles. The van der Waals surface area contributed by atoms with E-state index in [-0.39, 0.29) is 0 Å². The molecule has 0 aliphatic rings. The van der Waals surface area contributed by atoms with Crippen molar-refractivity contribution in [2.45, 2.75) is 0 Å². The maximum atomic E-state index is 5.24. The van der Waals surface area contributed by atoms with E-state index in [2.05, 4.69) is 9.97 Å². The Balaban J connectivity index is 2.51. The Morgan fingerprint density at radius 1 is 1.00 bits per heavy atom. The summed E-state index contributed by atoms with van der Waals surface area (Å²) in [6.07, 6.45) is 7.00. The van der Waals surface area contributed by atoms with Gasteiger partial charge in [-0.25, -0.2) is 0 Å². The summed E-state index contributed by atoms with van der Waals surface area (Å²) < 4.78 is 5.24. The molecule has 2 heterocycles. The van der Waals surface area contributed by atoms with E-state index in [0.717, 1.165) is 16.9 Å². The number of pyridine rings is 2. The molecule has 3 nitrogen and oxygen atoms in total. The summed E-state index contributed by atoms with van der Waals surface area (Å²) in [7, 11) is 1.65. The molecule has 0 aliphatic heterocycles. The van der Waals surface area contributed by atoms with Gasteiger partial charge in [-0.2, -0.15) is 0 Å². The second kappa shape index (κ2) is 3.87. The Hall–Kier alpha value is -1.90. The molecule has 14 heavy (non-hydrogen) atoms. The molecule has 0 radical (unpaired) electrons. The van der Waals surface area contributed by atoms with Gasteiger partial charge in [-0.05, 0) is 23.8 Å². The van der Waals surface area contributed by atoms with Gasteiger partial charge in [-0.3, -0.25) is 9.97 Å². The van der Waals surface area contributed by atoms with Crippen molar-refractivity contribution in [1.82, 2.24) is 9.97 Å². The van der Waals surface area contributed by atoms with Crippen molar-refractivity contribution < 1.29 is 4.74 Å². The third-order valence-corrected chi connectivity index (χ3v) is 1.99. The minimum Gasteiger partial charge on any atom is -0.496 e. The quantitative estimate of drug-likeness (QED) is 0.720. The Bertz CT molecular complexity index is 415. The van der Waals surface area contributed by atoms with Gasteiger partial charge < -0.3 is 4.74 Å². The summed E-state index contributed by atoms with van der Waals surface area (Å²) in [6.45, 7) is 0. The summed E-state index contributed by atoms with van der Waals surface area (Å²) in [5.41, 5.74) is 2.04. The highest BCUT2D eigenvalue weighted by atomic mass is 16.5. The molecule has 70 valence electrons. The van der Waals surface area contributed by atoms with Gasteiger partial charge in [0.1, 0.15) is 5.75 Å². The summed E-state index contributed by atoms with van der Waals surface area (Å²) >= 11 is 0. The summed E-state index contributed by atoms with van der Waals surface area (Å²) in [6, 6.07) is 5.70. The first-order valence-corrected chi connectivity index (χ1v) is 4.30. The van der Waals surface area contributed by atoms with Gasteiger partial charge in [0, 0.05) is 30.4 Å². The molecule has 2 rings (SSSR count). The third-order valence-electron chi connectivity index (χ3n) is 1.99. The number of aromatic nitrogens is 2. The number of rotatable bonds is 2. The molecule has 0 atom stereocenters. The lowest BCUT2D eigenvalue weighted by atomic mass is 10.1. The van der Waals surface area contributed by atoms with E-state index in [1.54, 1.807) is 31.9 Å². The fourth-order valence-electron chi connectivity index (χ4n) is 1.31. The molecular formula is C11H10N2O. The van der Waals surface area contributed by atoms with Crippen molar-refractivity contribution in [2.24, 2.45) is 0 Å². The number of methoxy groups -OCH3 is 1. The lowest BCUT2D eigenvalue weighted by Gasteiger charge is -2.06. The number of hydrogen-bond acceptors (Lipinski definition) is 3. The molecule has 0 bridgehead atoms. The Labute approximate surface area is 82.4 Å². The maximum absolute atomic E-state index is 5.24. The summed E-state index contributed by atoms with van der Waals surface area (Å²) in [4.78, 5) is 8.03. The van der Waals surface area contributed by atoms with Crippen LogP contribution in [0.15, 0.2) is 43.0 Å². The Morgan fingerprint density at radius 2 is 1.71 bits per heavy atom. The van der Waals surface area contributed by atoms with E-state index in [0.29, 0.717) is 0 Å². The largest absolute Gasteiger partial charge is 0.496 e. The standard InChI is InChI=1S/C11H10N2O/c1-14-11-4-7-13-8-10(11)9-2-5-12-6-3-9/h2-8H,1H3. The van der Waals surface area contributed by atoms with Crippen molar-refractivity contribution in [3.05, 3.63) is 43.0 Å². The molecule has 0 amide bonds. The predicted octanol–water partition coefficient (Wildman–Crippen LogP) is 2.15. The smallest absolute Gasteiger partial charge is 0.129 e. The zero-order valence-electron chi connectivity index (χ0n) is 7.84. The van der Waals surface area contributed by atoms with E-state index in [9.17, 15) is 0 Å². The Kier molecular flexibility index (Phi) is 2.40.